The van der Waals surface area contributed by atoms with E-state index in [2.05, 4.69) is 5.32 Å². The minimum atomic E-state index is -1.20. The lowest BCUT2D eigenvalue weighted by molar-refractivity contribution is -0.126. The number of aromatic nitrogens is 1. The molecule has 0 aliphatic carbocycles. The van der Waals surface area contributed by atoms with Gasteiger partial charge < -0.3 is 24.1 Å². The van der Waals surface area contributed by atoms with Crippen molar-refractivity contribution < 1.29 is 23.8 Å². The van der Waals surface area contributed by atoms with Crippen molar-refractivity contribution in [2.45, 2.75) is 25.6 Å². The third-order valence-electron chi connectivity index (χ3n) is 6.79. The first-order valence-corrected chi connectivity index (χ1v) is 12.6. The lowest BCUT2D eigenvalue weighted by atomic mass is 9.93. The third kappa shape index (κ3) is 3.50. The Labute approximate surface area is 212 Å². The highest BCUT2D eigenvalue weighted by Gasteiger charge is 2.49. The van der Waals surface area contributed by atoms with Gasteiger partial charge in [-0.25, -0.2) is 0 Å². The van der Waals surface area contributed by atoms with Crippen molar-refractivity contribution in [3.05, 3.63) is 71.2 Å². The van der Waals surface area contributed by atoms with Crippen LogP contribution < -0.4 is 24.4 Å². The second-order valence-corrected chi connectivity index (χ2v) is 9.93. The van der Waals surface area contributed by atoms with Gasteiger partial charge in [0.2, 0.25) is 5.91 Å². The van der Waals surface area contributed by atoms with Crippen LogP contribution in [-0.2, 0) is 17.9 Å². The molecule has 2 aromatic heterocycles. The number of rotatable bonds is 5. The number of fused-ring (bicyclic) bond motifs is 4. The van der Waals surface area contributed by atoms with Gasteiger partial charge in [-0.2, -0.15) is 0 Å². The average molecular weight is 504 g/mol. The number of methoxy groups -OCH3 is 1. The Kier molecular flexibility index (Phi) is 5.37. The lowest BCUT2D eigenvalue weighted by Crippen LogP contribution is -2.64. The number of nitrogens with zero attached hydrogens (tertiary/aromatic N) is 2. The summed E-state index contributed by atoms with van der Waals surface area (Å²) < 4.78 is 18.8. The van der Waals surface area contributed by atoms with E-state index < -0.39 is 5.54 Å². The molecular weight excluding hydrogens is 478 g/mol. The van der Waals surface area contributed by atoms with Crippen molar-refractivity contribution in [1.82, 2.24) is 9.88 Å². The Morgan fingerprint density at radius 3 is 2.75 bits per heavy atom. The van der Waals surface area contributed by atoms with Crippen molar-refractivity contribution >= 4 is 39.1 Å². The number of carbonyl (C=O) groups excluding carboxylic acids is 2. The Bertz CT molecular complexity index is 1490. The molecule has 4 aromatic rings. The summed E-state index contributed by atoms with van der Waals surface area (Å²) in [4.78, 5) is 30.5. The van der Waals surface area contributed by atoms with E-state index in [1.807, 2.05) is 53.3 Å². The predicted molar refractivity (Wildman–Crippen MR) is 137 cm³/mol. The third-order valence-corrected chi connectivity index (χ3v) is 7.74. The molecular formula is C27H25N3O5S. The van der Waals surface area contributed by atoms with Crippen molar-refractivity contribution in [2.75, 3.05) is 25.2 Å². The van der Waals surface area contributed by atoms with Crippen molar-refractivity contribution in [3.8, 4) is 17.2 Å². The fourth-order valence-corrected chi connectivity index (χ4v) is 5.88. The molecule has 2 amide bonds. The number of amides is 2. The van der Waals surface area contributed by atoms with Crippen LogP contribution in [0.25, 0.3) is 10.2 Å². The van der Waals surface area contributed by atoms with Crippen LogP contribution in [0.4, 0.5) is 5.69 Å². The molecule has 0 saturated carbocycles. The highest BCUT2D eigenvalue weighted by Crippen LogP contribution is 2.41. The first-order chi connectivity index (χ1) is 17.5. The van der Waals surface area contributed by atoms with Crippen molar-refractivity contribution in [2.24, 2.45) is 0 Å². The van der Waals surface area contributed by atoms with Crippen molar-refractivity contribution in [1.29, 1.82) is 0 Å². The van der Waals surface area contributed by atoms with Crippen LogP contribution >= 0.6 is 11.3 Å². The van der Waals surface area contributed by atoms with E-state index in [4.69, 9.17) is 14.2 Å². The number of thiophene rings is 1. The molecule has 1 N–H and O–H groups in total. The summed E-state index contributed by atoms with van der Waals surface area (Å²) in [5, 5.41) is 6.04. The number of carbonyl (C=O) groups is 2. The standard InChI is InChI=1S/C27H25N3O5S/c1-27(26(32)28-15-18-5-3-4-6-21(18)33-2)16-29-20(13-17-9-12-36-25(17)29)24(31)30(27)19-7-8-22-23(14-19)35-11-10-34-22/h3-9,12-14H,10-11,15-16H2,1-2H3,(H,28,32)/t27-/m0/s1. The SMILES string of the molecule is COc1ccccc1CNC(=O)[C@]1(C)Cn2c(cc3ccsc32)C(=O)N1c1ccc2c(c1)OCCO2. The Morgan fingerprint density at radius 1 is 1.11 bits per heavy atom. The van der Waals surface area contributed by atoms with Crippen molar-refractivity contribution in [3.63, 3.8) is 0 Å². The number of para-hydroxylation sites is 1. The maximum atomic E-state index is 14.0. The number of ether oxygens (including phenoxy) is 3. The second-order valence-electron chi connectivity index (χ2n) is 9.03. The van der Waals surface area contributed by atoms with Crippen LogP contribution in [0.3, 0.4) is 0 Å². The largest absolute Gasteiger partial charge is 0.496 e. The zero-order valence-electron chi connectivity index (χ0n) is 19.9. The first-order valence-electron chi connectivity index (χ1n) is 11.7. The van der Waals surface area contributed by atoms with Gasteiger partial charge in [0, 0.05) is 29.2 Å². The molecule has 184 valence electrons. The number of hydrogen-bond acceptors (Lipinski definition) is 6. The fourth-order valence-electron chi connectivity index (χ4n) is 4.99. The van der Waals surface area contributed by atoms with Gasteiger partial charge in [-0.15, -0.1) is 11.3 Å². The van der Waals surface area contributed by atoms with Crippen LogP contribution in [0.5, 0.6) is 17.2 Å². The lowest BCUT2D eigenvalue weighted by Gasteiger charge is -2.44. The topological polar surface area (TPSA) is 82.0 Å². The summed E-state index contributed by atoms with van der Waals surface area (Å²) in [7, 11) is 1.60. The molecule has 0 saturated heterocycles. The monoisotopic (exact) mass is 503 g/mol. The molecule has 36 heavy (non-hydrogen) atoms. The number of anilines is 1. The Hall–Kier alpha value is -3.98. The minimum Gasteiger partial charge on any atom is -0.496 e. The van der Waals surface area contributed by atoms with E-state index in [0.29, 0.717) is 48.4 Å². The number of benzene rings is 2. The first kappa shape index (κ1) is 22.5. The summed E-state index contributed by atoms with van der Waals surface area (Å²) in [5.74, 6) is 1.38. The van der Waals surface area contributed by atoms with E-state index in [-0.39, 0.29) is 18.4 Å². The van der Waals surface area contributed by atoms with Gasteiger partial charge in [-0.3, -0.25) is 14.5 Å². The van der Waals surface area contributed by atoms with Gasteiger partial charge in [0.05, 0.1) is 13.7 Å². The van der Waals surface area contributed by atoms with E-state index in [9.17, 15) is 9.59 Å². The molecule has 0 radical (unpaired) electrons. The molecule has 4 heterocycles. The quantitative estimate of drug-likeness (QED) is 0.441. The van der Waals surface area contributed by atoms with E-state index >= 15 is 0 Å². The van der Waals surface area contributed by atoms with E-state index in [0.717, 1.165) is 15.8 Å². The molecule has 8 nitrogen and oxygen atoms in total. The van der Waals surface area contributed by atoms with Gasteiger partial charge in [0.1, 0.15) is 35.0 Å². The summed E-state index contributed by atoms with van der Waals surface area (Å²) in [6, 6.07) is 16.8. The molecule has 2 aliphatic rings. The van der Waals surface area contributed by atoms with Crippen LogP contribution in [0.1, 0.15) is 23.0 Å². The molecule has 2 aliphatic heterocycles. The van der Waals surface area contributed by atoms with Gasteiger partial charge in [-0.1, -0.05) is 18.2 Å². The molecule has 0 bridgehead atoms. The maximum Gasteiger partial charge on any atom is 0.275 e. The molecule has 9 heteroatoms. The van der Waals surface area contributed by atoms with Gasteiger partial charge in [0.15, 0.2) is 11.5 Å². The normalized spacial score (nSPS) is 18.7. The summed E-state index contributed by atoms with van der Waals surface area (Å²) >= 11 is 1.56. The van der Waals surface area contributed by atoms with Crippen LogP contribution in [0, 0.1) is 0 Å². The fraction of sp³-hybridized carbons (Fsp3) is 0.259. The summed E-state index contributed by atoms with van der Waals surface area (Å²) in [6.45, 7) is 3.29. The van der Waals surface area contributed by atoms with Gasteiger partial charge in [0.25, 0.3) is 5.91 Å². The number of hydrogen-bond donors (Lipinski definition) is 1. The molecule has 0 fully saturated rings. The summed E-state index contributed by atoms with van der Waals surface area (Å²) in [5.41, 5.74) is 0.787. The smallest absolute Gasteiger partial charge is 0.275 e. The number of nitrogens with one attached hydrogen (secondary N) is 1. The maximum absolute atomic E-state index is 14.0. The molecule has 1 atom stereocenters. The predicted octanol–water partition coefficient (Wildman–Crippen LogP) is 4.22. The van der Waals surface area contributed by atoms with Crippen LogP contribution in [0.15, 0.2) is 60.0 Å². The minimum absolute atomic E-state index is 0.240. The highest BCUT2D eigenvalue weighted by molar-refractivity contribution is 7.16. The van der Waals surface area contributed by atoms with Gasteiger partial charge >= 0.3 is 0 Å². The van der Waals surface area contributed by atoms with Crippen LogP contribution in [-0.4, -0.2) is 42.2 Å². The van der Waals surface area contributed by atoms with E-state index in [1.165, 1.54) is 0 Å². The Balaban J connectivity index is 1.41. The summed E-state index contributed by atoms with van der Waals surface area (Å²) in [6.07, 6.45) is 0. The zero-order chi connectivity index (χ0) is 24.9. The molecule has 6 rings (SSSR count). The average Bonchev–Trinajstić information content (AvgIpc) is 3.50. The molecule has 0 unspecified atom stereocenters. The zero-order valence-corrected chi connectivity index (χ0v) is 20.8. The highest BCUT2D eigenvalue weighted by atomic mass is 32.1. The van der Waals surface area contributed by atoms with Crippen LogP contribution in [0.2, 0.25) is 0 Å². The second kappa shape index (κ2) is 8.60. The Morgan fingerprint density at radius 2 is 1.92 bits per heavy atom. The van der Waals surface area contributed by atoms with Gasteiger partial charge in [-0.05, 0) is 42.6 Å². The molecule has 2 aromatic carbocycles. The molecule has 0 spiro atoms. The van der Waals surface area contributed by atoms with E-state index in [1.54, 1.807) is 41.5 Å².